The maximum atomic E-state index is 5.75. The molecule has 0 aliphatic heterocycles. The Morgan fingerprint density at radius 2 is 1.89 bits per heavy atom. The van der Waals surface area contributed by atoms with Gasteiger partial charge in [0.2, 0.25) is 0 Å². The number of hydrogen-bond acceptors (Lipinski definition) is 2. The van der Waals surface area contributed by atoms with Crippen molar-refractivity contribution >= 4 is 0 Å². The molecule has 18 heavy (non-hydrogen) atoms. The molecule has 1 unspecified atom stereocenters. The summed E-state index contributed by atoms with van der Waals surface area (Å²) in [5.41, 5.74) is 3.90. The number of aryl methyl sites for hydroxylation is 2. The van der Waals surface area contributed by atoms with Crippen molar-refractivity contribution in [3.8, 4) is 0 Å². The molecule has 0 aliphatic carbocycles. The van der Waals surface area contributed by atoms with E-state index in [9.17, 15) is 0 Å². The zero-order valence-electron chi connectivity index (χ0n) is 12.5. The Labute approximate surface area is 111 Å². The summed E-state index contributed by atoms with van der Waals surface area (Å²) in [4.78, 5) is 0. The molecule has 2 heteroatoms. The molecular weight excluding hydrogens is 222 g/mol. The Balaban J connectivity index is 2.97. The van der Waals surface area contributed by atoms with Crippen molar-refractivity contribution in [3.05, 3.63) is 34.8 Å². The van der Waals surface area contributed by atoms with E-state index in [0.717, 1.165) is 37.3 Å². The van der Waals surface area contributed by atoms with Gasteiger partial charge in [0.15, 0.2) is 0 Å². The van der Waals surface area contributed by atoms with E-state index in [4.69, 9.17) is 4.42 Å². The fraction of sp³-hybridized carbons (Fsp3) is 0.625. The minimum Gasteiger partial charge on any atom is -0.466 e. The second-order valence-corrected chi connectivity index (χ2v) is 5.07. The van der Waals surface area contributed by atoms with E-state index in [1.165, 1.54) is 16.7 Å². The summed E-state index contributed by atoms with van der Waals surface area (Å²) < 4.78 is 5.75. The van der Waals surface area contributed by atoms with Gasteiger partial charge in [0.25, 0.3) is 0 Å². The molecule has 0 aliphatic rings. The summed E-state index contributed by atoms with van der Waals surface area (Å²) in [7, 11) is 0. The fourth-order valence-corrected chi connectivity index (χ4v) is 2.35. The molecule has 0 fully saturated rings. The monoisotopic (exact) mass is 249 g/mol. The predicted molar refractivity (Wildman–Crippen MR) is 78.0 cm³/mol. The van der Waals surface area contributed by atoms with E-state index in [0.29, 0.717) is 6.04 Å². The maximum Gasteiger partial charge on any atom is 0.106 e. The molecular formula is C16H27NO. The van der Waals surface area contributed by atoms with Gasteiger partial charge in [0.05, 0.1) is 0 Å². The lowest BCUT2D eigenvalue weighted by molar-refractivity contribution is 0.478. The minimum atomic E-state index is 0.342. The molecule has 1 heterocycles. The molecule has 1 atom stereocenters. The average molecular weight is 249 g/mol. The van der Waals surface area contributed by atoms with Gasteiger partial charge in [-0.2, -0.15) is 0 Å². The van der Waals surface area contributed by atoms with Crippen molar-refractivity contribution in [1.82, 2.24) is 5.32 Å². The quantitative estimate of drug-likeness (QED) is 0.714. The molecule has 0 amide bonds. The maximum absolute atomic E-state index is 5.75. The highest BCUT2D eigenvalue weighted by atomic mass is 16.3. The van der Waals surface area contributed by atoms with Crippen LogP contribution in [0.15, 0.2) is 16.6 Å². The molecule has 102 valence electrons. The largest absolute Gasteiger partial charge is 0.466 e. The fourth-order valence-electron chi connectivity index (χ4n) is 2.35. The van der Waals surface area contributed by atoms with E-state index < -0.39 is 0 Å². The van der Waals surface area contributed by atoms with Gasteiger partial charge in [-0.25, -0.2) is 0 Å². The van der Waals surface area contributed by atoms with E-state index >= 15 is 0 Å². The van der Waals surface area contributed by atoms with Gasteiger partial charge in [-0.3, -0.25) is 0 Å². The Morgan fingerprint density at radius 3 is 2.33 bits per heavy atom. The van der Waals surface area contributed by atoms with Gasteiger partial charge in [-0.05, 0) is 52.1 Å². The Hall–Kier alpha value is -1.02. The summed E-state index contributed by atoms with van der Waals surface area (Å²) in [6.07, 6.45) is 3.18. The highest BCUT2D eigenvalue weighted by Gasteiger charge is 2.20. The number of hydrogen-bond donors (Lipinski definition) is 1. The van der Waals surface area contributed by atoms with Crippen LogP contribution < -0.4 is 5.32 Å². The lowest BCUT2D eigenvalue weighted by Gasteiger charge is -2.20. The number of rotatable bonds is 7. The standard InChI is InChI=1S/C16H27NO/c1-7-9-17-15(10-11(3)8-2)16-12(4)13(5)18-14(16)6/h15,17H,3,7-10H2,1-2,4-6H3. The summed E-state index contributed by atoms with van der Waals surface area (Å²) in [5.74, 6) is 2.08. The van der Waals surface area contributed by atoms with Crippen molar-refractivity contribution in [3.63, 3.8) is 0 Å². The highest BCUT2D eigenvalue weighted by molar-refractivity contribution is 5.35. The van der Waals surface area contributed by atoms with Crippen LogP contribution in [0.2, 0.25) is 0 Å². The molecule has 0 radical (unpaired) electrons. The van der Waals surface area contributed by atoms with Gasteiger partial charge in [0, 0.05) is 11.6 Å². The van der Waals surface area contributed by atoms with Crippen LogP contribution in [0.4, 0.5) is 0 Å². The molecule has 1 rings (SSSR count). The summed E-state index contributed by atoms with van der Waals surface area (Å²) in [5, 5.41) is 3.63. The molecule has 1 aromatic heterocycles. The second kappa shape index (κ2) is 6.79. The Morgan fingerprint density at radius 1 is 1.22 bits per heavy atom. The smallest absolute Gasteiger partial charge is 0.106 e. The van der Waals surface area contributed by atoms with Crippen LogP contribution in [0.5, 0.6) is 0 Å². The van der Waals surface area contributed by atoms with E-state index in [1.807, 2.05) is 6.92 Å². The van der Waals surface area contributed by atoms with E-state index in [1.54, 1.807) is 0 Å². The summed E-state index contributed by atoms with van der Waals surface area (Å²) >= 11 is 0. The minimum absolute atomic E-state index is 0.342. The second-order valence-electron chi connectivity index (χ2n) is 5.07. The van der Waals surface area contributed by atoms with Gasteiger partial charge in [-0.1, -0.05) is 26.0 Å². The molecule has 2 nitrogen and oxygen atoms in total. The van der Waals surface area contributed by atoms with Gasteiger partial charge in [-0.15, -0.1) is 0 Å². The molecule has 1 aromatic rings. The molecule has 1 N–H and O–H groups in total. The van der Waals surface area contributed by atoms with Crippen molar-refractivity contribution in [2.45, 2.75) is 59.9 Å². The lowest BCUT2D eigenvalue weighted by atomic mass is 9.95. The first-order valence-corrected chi connectivity index (χ1v) is 6.97. The van der Waals surface area contributed by atoms with Crippen molar-refractivity contribution in [2.24, 2.45) is 0 Å². The van der Waals surface area contributed by atoms with E-state index in [2.05, 4.69) is 39.6 Å². The third-order valence-electron chi connectivity index (χ3n) is 3.60. The van der Waals surface area contributed by atoms with Gasteiger partial charge >= 0.3 is 0 Å². The Bertz CT molecular complexity index is 403. The van der Waals surface area contributed by atoms with Crippen molar-refractivity contribution in [2.75, 3.05) is 6.54 Å². The van der Waals surface area contributed by atoms with Crippen LogP contribution in [0, 0.1) is 20.8 Å². The molecule has 0 bridgehead atoms. The summed E-state index contributed by atoms with van der Waals surface area (Å²) in [6, 6.07) is 0.342. The summed E-state index contributed by atoms with van der Waals surface area (Å²) in [6.45, 7) is 15.8. The van der Waals surface area contributed by atoms with Crippen LogP contribution in [0.25, 0.3) is 0 Å². The third kappa shape index (κ3) is 3.49. The zero-order valence-corrected chi connectivity index (χ0v) is 12.5. The van der Waals surface area contributed by atoms with Crippen LogP contribution in [-0.2, 0) is 0 Å². The van der Waals surface area contributed by atoms with Gasteiger partial charge < -0.3 is 9.73 Å². The number of furan rings is 1. The average Bonchev–Trinajstić information content (AvgIpc) is 2.59. The number of nitrogens with one attached hydrogen (secondary N) is 1. The SMILES string of the molecule is C=C(CC)CC(NCCC)c1c(C)oc(C)c1C. The Kier molecular flexibility index (Phi) is 5.67. The third-order valence-corrected chi connectivity index (χ3v) is 3.60. The van der Waals surface area contributed by atoms with Crippen molar-refractivity contribution in [1.29, 1.82) is 0 Å². The van der Waals surface area contributed by atoms with Crippen LogP contribution in [0.1, 0.15) is 61.8 Å². The molecule has 0 spiro atoms. The topological polar surface area (TPSA) is 25.2 Å². The lowest BCUT2D eigenvalue weighted by Crippen LogP contribution is -2.23. The van der Waals surface area contributed by atoms with Crippen LogP contribution in [-0.4, -0.2) is 6.54 Å². The van der Waals surface area contributed by atoms with E-state index in [-0.39, 0.29) is 0 Å². The van der Waals surface area contributed by atoms with Crippen LogP contribution >= 0.6 is 0 Å². The zero-order chi connectivity index (χ0) is 13.7. The molecule has 0 aromatic carbocycles. The normalized spacial score (nSPS) is 12.7. The first kappa shape index (κ1) is 15.0. The first-order chi connectivity index (χ1) is 8.51. The van der Waals surface area contributed by atoms with Crippen molar-refractivity contribution < 1.29 is 4.42 Å². The molecule has 0 saturated carbocycles. The van der Waals surface area contributed by atoms with Crippen LogP contribution in [0.3, 0.4) is 0 Å². The predicted octanol–water partition coefficient (Wildman–Crippen LogP) is 4.60. The molecule has 0 saturated heterocycles. The van der Waals surface area contributed by atoms with Gasteiger partial charge in [0.1, 0.15) is 11.5 Å². The first-order valence-electron chi connectivity index (χ1n) is 6.97. The highest BCUT2D eigenvalue weighted by Crippen LogP contribution is 2.31.